The van der Waals surface area contributed by atoms with Gasteiger partial charge in [0, 0.05) is 13.1 Å². The molecule has 0 aliphatic carbocycles. The lowest BCUT2D eigenvalue weighted by molar-refractivity contribution is -0.141. The molecule has 0 radical (unpaired) electrons. The van der Waals surface area contributed by atoms with Crippen LogP contribution in [0, 0.1) is 0 Å². The fourth-order valence-corrected chi connectivity index (χ4v) is 1.32. The summed E-state index contributed by atoms with van der Waals surface area (Å²) in [7, 11) is 0. The van der Waals surface area contributed by atoms with Gasteiger partial charge < -0.3 is 25.5 Å². The maximum Gasteiger partial charge on any atom is 0.328 e. The van der Waals surface area contributed by atoms with Gasteiger partial charge in [0.25, 0.3) is 0 Å². The second-order valence-corrected chi connectivity index (χ2v) is 3.72. The first kappa shape index (κ1) is 15.7. The molecule has 17 heavy (non-hydrogen) atoms. The Balaban J connectivity index is 4.50. The summed E-state index contributed by atoms with van der Waals surface area (Å²) >= 11 is 0. The molecular weight excluding hydrogens is 228 g/mol. The van der Waals surface area contributed by atoms with Crippen LogP contribution in [0.4, 0.5) is 4.79 Å². The monoisotopic (exact) mass is 248 g/mol. The van der Waals surface area contributed by atoms with Crippen LogP contribution in [-0.4, -0.2) is 64.1 Å². The van der Waals surface area contributed by atoms with Crippen LogP contribution in [0.2, 0.25) is 0 Å². The molecule has 0 bridgehead atoms. The number of aliphatic carboxylic acids is 1. The molecule has 100 valence electrons. The number of aliphatic hydroxyl groups excluding tert-OH is 2. The van der Waals surface area contributed by atoms with Crippen LogP contribution in [0.3, 0.4) is 0 Å². The molecule has 2 atom stereocenters. The Bertz CT molecular complexity index is 251. The van der Waals surface area contributed by atoms with Crippen molar-refractivity contribution in [2.75, 3.05) is 19.7 Å². The molecule has 4 N–H and O–H groups in total. The number of carboxylic acid groups (broad SMARTS) is 1. The summed E-state index contributed by atoms with van der Waals surface area (Å²) in [5, 5.41) is 29.0. The van der Waals surface area contributed by atoms with E-state index in [1.807, 2.05) is 6.92 Å². The number of carbonyl (C=O) groups excluding carboxylic acids is 1. The molecule has 0 aromatic carbocycles. The quantitative estimate of drug-likeness (QED) is 0.473. The van der Waals surface area contributed by atoms with Gasteiger partial charge in [-0.3, -0.25) is 0 Å². The molecule has 0 spiro atoms. The molecule has 0 heterocycles. The molecule has 0 aromatic rings. The van der Waals surface area contributed by atoms with Crippen molar-refractivity contribution >= 4 is 12.0 Å². The summed E-state index contributed by atoms with van der Waals surface area (Å²) in [5.74, 6) is -1.30. The first-order valence-electron chi connectivity index (χ1n) is 5.51. The highest BCUT2D eigenvalue weighted by atomic mass is 16.4. The van der Waals surface area contributed by atoms with Crippen molar-refractivity contribution in [2.24, 2.45) is 0 Å². The standard InChI is InChI=1S/C10H20N2O5/c1-3-4-12(5-6-13)10(17)11-8(7(2)14)9(15)16/h7-8,13-14H,3-6H2,1-2H3,(H,11,17)(H,15,16). The van der Waals surface area contributed by atoms with Crippen LogP contribution in [0.5, 0.6) is 0 Å². The number of carbonyl (C=O) groups is 2. The van der Waals surface area contributed by atoms with E-state index in [1.54, 1.807) is 0 Å². The Hall–Kier alpha value is -1.34. The zero-order chi connectivity index (χ0) is 13.4. The molecule has 2 unspecified atom stereocenters. The molecule has 0 fully saturated rings. The Morgan fingerprint density at radius 1 is 1.35 bits per heavy atom. The lowest BCUT2D eigenvalue weighted by atomic mass is 10.2. The smallest absolute Gasteiger partial charge is 0.328 e. The second kappa shape index (κ2) is 7.86. The molecule has 0 aromatic heterocycles. The van der Waals surface area contributed by atoms with E-state index in [0.717, 1.165) is 0 Å². The van der Waals surface area contributed by atoms with Crippen molar-refractivity contribution in [2.45, 2.75) is 32.4 Å². The molecule has 7 heteroatoms. The number of carboxylic acids is 1. The maximum absolute atomic E-state index is 11.7. The van der Waals surface area contributed by atoms with Gasteiger partial charge in [-0.15, -0.1) is 0 Å². The summed E-state index contributed by atoms with van der Waals surface area (Å²) < 4.78 is 0. The minimum absolute atomic E-state index is 0.131. The van der Waals surface area contributed by atoms with Crippen LogP contribution >= 0.6 is 0 Å². The Morgan fingerprint density at radius 2 is 1.94 bits per heavy atom. The van der Waals surface area contributed by atoms with Crippen LogP contribution < -0.4 is 5.32 Å². The number of rotatable bonds is 7. The lowest BCUT2D eigenvalue weighted by Gasteiger charge is -2.25. The highest BCUT2D eigenvalue weighted by Gasteiger charge is 2.26. The summed E-state index contributed by atoms with van der Waals surface area (Å²) in [6.45, 7) is 3.50. The Labute approximate surface area is 100 Å². The fourth-order valence-electron chi connectivity index (χ4n) is 1.32. The topological polar surface area (TPSA) is 110 Å². The molecule has 0 saturated carbocycles. The average molecular weight is 248 g/mol. The number of hydrogen-bond acceptors (Lipinski definition) is 4. The van der Waals surface area contributed by atoms with Gasteiger partial charge in [0.15, 0.2) is 6.04 Å². The van der Waals surface area contributed by atoms with E-state index in [4.69, 9.17) is 10.2 Å². The molecule has 0 saturated heterocycles. The SMILES string of the molecule is CCCN(CCO)C(=O)NC(C(=O)O)C(C)O. The number of urea groups is 1. The van der Waals surface area contributed by atoms with Gasteiger partial charge >= 0.3 is 12.0 Å². The van der Waals surface area contributed by atoms with Gasteiger partial charge in [-0.2, -0.15) is 0 Å². The van der Waals surface area contributed by atoms with Gasteiger partial charge in [0.2, 0.25) is 0 Å². The maximum atomic E-state index is 11.7. The van der Waals surface area contributed by atoms with E-state index in [0.29, 0.717) is 13.0 Å². The average Bonchev–Trinajstić information content (AvgIpc) is 2.24. The van der Waals surface area contributed by atoms with Crippen LogP contribution in [-0.2, 0) is 4.79 Å². The number of nitrogens with one attached hydrogen (secondary N) is 1. The van der Waals surface area contributed by atoms with Crippen molar-refractivity contribution in [3.8, 4) is 0 Å². The minimum Gasteiger partial charge on any atom is -0.480 e. The first-order chi connectivity index (χ1) is 7.93. The van der Waals surface area contributed by atoms with Crippen molar-refractivity contribution < 1.29 is 24.9 Å². The van der Waals surface area contributed by atoms with E-state index in [9.17, 15) is 14.7 Å². The minimum atomic E-state index is -1.35. The predicted molar refractivity (Wildman–Crippen MR) is 60.6 cm³/mol. The molecule has 0 aliphatic heterocycles. The summed E-state index contributed by atoms with van der Waals surface area (Å²) in [4.78, 5) is 23.7. The molecule has 2 amide bonds. The van der Waals surface area contributed by atoms with Crippen molar-refractivity contribution in [3.05, 3.63) is 0 Å². The number of nitrogens with zero attached hydrogens (tertiary/aromatic N) is 1. The van der Waals surface area contributed by atoms with Gasteiger partial charge in [-0.05, 0) is 13.3 Å². The van der Waals surface area contributed by atoms with Crippen LogP contribution in [0.25, 0.3) is 0 Å². The van der Waals surface area contributed by atoms with Crippen molar-refractivity contribution in [3.63, 3.8) is 0 Å². The van der Waals surface area contributed by atoms with E-state index in [2.05, 4.69) is 5.32 Å². The normalized spacial score (nSPS) is 13.9. The third kappa shape index (κ3) is 5.50. The van der Waals surface area contributed by atoms with Crippen molar-refractivity contribution in [1.82, 2.24) is 10.2 Å². The van der Waals surface area contributed by atoms with Gasteiger partial charge in [-0.25, -0.2) is 9.59 Å². The number of amides is 2. The third-order valence-corrected chi connectivity index (χ3v) is 2.18. The molecule has 7 nitrogen and oxygen atoms in total. The molecule has 0 rings (SSSR count). The summed E-state index contributed by atoms with van der Waals surface area (Å²) in [5.41, 5.74) is 0. The van der Waals surface area contributed by atoms with Gasteiger partial charge in [-0.1, -0.05) is 6.92 Å². The molecular formula is C10H20N2O5. The second-order valence-electron chi connectivity index (χ2n) is 3.72. The van der Waals surface area contributed by atoms with E-state index >= 15 is 0 Å². The Kier molecular flexibility index (Phi) is 7.24. The highest BCUT2D eigenvalue weighted by molar-refractivity contribution is 5.83. The van der Waals surface area contributed by atoms with Crippen molar-refractivity contribution in [1.29, 1.82) is 0 Å². The van der Waals surface area contributed by atoms with E-state index in [-0.39, 0.29) is 13.2 Å². The highest BCUT2D eigenvalue weighted by Crippen LogP contribution is 1.98. The number of hydrogen-bond donors (Lipinski definition) is 4. The predicted octanol–water partition coefficient (Wildman–Crippen LogP) is -0.766. The van der Waals surface area contributed by atoms with Crippen LogP contribution in [0.15, 0.2) is 0 Å². The molecule has 0 aliphatic rings. The fraction of sp³-hybridized carbons (Fsp3) is 0.800. The largest absolute Gasteiger partial charge is 0.480 e. The zero-order valence-electron chi connectivity index (χ0n) is 10.1. The summed E-state index contributed by atoms with van der Waals surface area (Å²) in [6.07, 6.45) is -0.492. The van der Waals surface area contributed by atoms with Gasteiger partial charge in [0.05, 0.1) is 12.7 Å². The Morgan fingerprint density at radius 3 is 2.29 bits per heavy atom. The van der Waals surface area contributed by atoms with Crippen LogP contribution in [0.1, 0.15) is 20.3 Å². The lowest BCUT2D eigenvalue weighted by Crippen LogP contribution is -2.53. The number of aliphatic hydroxyl groups is 2. The summed E-state index contributed by atoms with van der Waals surface area (Å²) in [6, 6.07) is -1.95. The zero-order valence-corrected chi connectivity index (χ0v) is 10.1. The van der Waals surface area contributed by atoms with E-state index in [1.165, 1.54) is 11.8 Å². The van der Waals surface area contributed by atoms with Gasteiger partial charge in [0.1, 0.15) is 0 Å². The van der Waals surface area contributed by atoms with E-state index < -0.39 is 24.1 Å². The third-order valence-electron chi connectivity index (χ3n) is 2.18. The first-order valence-corrected chi connectivity index (χ1v) is 5.51.